The molecule has 6 nitrogen and oxygen atoms in total. The highest BCUT2D eigenvalue weighted by Crippen LogP contribution is 2.19. The first kappa shape index (κ1) is 16.4. The molecule has 1 heterocycles. The van der Waals surface area contributed by atoms with Crippen molar-refractivity contribution >= 4 is 27.0 Å². The van der Waals surface area contributed by atoms with Gasteiger partial charge >= 0.3 is 10.4 Å². The molecule has 0 bridgehead atoms. The molecule has 1 N–H and O–H groups in total. The molecule has 1 aromatic carbocycles. The molecule has 0 aliphatic heterocycles. The second-order valence-corrected chi connectivity index (χ2v) is 5.51. The minimum Gasteiger partial charge on any atom is -0.378 e. The molecule has 0 radical (unpaired) electrons. The van der Waals surface area contributed by atoms with Crippen LogP contribution in [0.25, 0.3) is 10.9 Å². The highest BCUT2D eigenvalue weighted by molar-refractivity contribution is 7.80. The largest absolute Gasteiger partial charge is 0.397 e. The first-order valence-electron chi connectivity index (χ1n) is 5.80. The fourth-order valence-corrected chi connectivity index (χ4v) is 1.49. The van der Waals surface area contributed by atoms with Crippen LogP contribution in [0.5, 0.6) is 0 Å². The van der Waals surface area contributed by atoms with E-state index in [4.69, 9.17) is 4.55 Å². The van der Waals surface area contributed by atoms with Gasteiger partial charge in [-0.05, 0) is 31.2 Å². The summed E-state index contributed by atoms with van der Waals surface area (Å²) in [6.07, 6.45) is 0. The molecule has 2 rings (SSSR count). The van der Waals surface area contributed by atoms with Crippen molar-refractivity contribution in [2.75, 3.05) is 26.1 Å². The molecule has 1 aromatic heterocycles. The van der Waals surface area contributed by atoms with Gasteiger partial charge in [-0.25, -0.2) is 0 Å². The third-order valence-electron chi connectivity index (χ3n) is 2.54. The average Bonchev–Trinajstić information content (AvgIpc) is 2.37. The number of fused-ring (bicyclic) bond motifs is 1. The third-order valence-corrected chi connectivity index (χ3v) is 2.96. The average molecular weight is 298 g/mol. The number of aryl methyl sites for hydroxylation is 1. The maximum absolute atomic E-state index is 9.33. The van der Waals surface area contributed by atoms with Crippen LogP contribution in [0, 0.1) is 6.92 Å². The SMILES string of the molecule is COS(=O)(=O)O.Cc1ccc2cc(N(C)C)ccc2n1. The van der Waals surface area contributed by atoms with E-state index in [0.717, 1.165) is 18.3 Å². The van der Waals surface area contributed by atoms with Gasteiger partial charge in [0.15, 0.2) is 0 Å². The summed E-state index contributed by atoms with van der Waals surface area (Å²) in [5, 5.41) is 1.20. The summed E-state index contributed by atoms with van der Waals surface area (Å²) in [5.41, 5.74) is 3.34. The Balaban J connectivity index is 0.000000286. The molecule has 110 valence electrons. The van der Waals surface area contributed by atoms with Crippen LogP contribution in [-0.2, 0) is 14.6 Å². The van der Waals surface area contributed by atoms with Gasteiger partial charge in [-0.15, -0.1) is 0 Å². The normalized spacial score (nSPS) is 10.8. The van der Waals surface area contributed by atoms with Gasteiger partial charge in [0.25, 0.3) is 0 Å². The summed E-state index contributed by atoms with van der Waals surface area (Å²) in [6.45, 7) is 2.01. The second kappa shape index (κ2) is 6.65. The number of nitrogens with zero attached hydrogens (tertiary/aromatic N) is 2. The van der Waals surface area contributed by atoms with E-state index in [9.17, 15) is 8.42 Å². The molecule has 0 fully saturated rings. The van der Waals surface area contributed by atoms with E-state index < -0.39 is 10.4 Å². The van der Waals surface area contributed by atoms with E-state index in [1.165, 1.54) is 11.1 Å². The first-order chi connectivity index (χ1) is 9.23. The predicted molar refractivity (Wildman–Crippen MR) is 79.4 cm³/mol. The highest BCUT2D eigenvalue weighted by Gasteiger charge is 1.98. The summed E-state index contributed by atoms with van der Waals surface area (Å²) in [4.78, 5) is 6.55. The lowest BCUT2D eigenvalue weighted by Crippen LogP contribution is -2.08. The van der Waals surface area contributed by atoms with Crippen LogP contribution in [0.2, 0.25) is 0 Å². The Bertz CT molecular complexity index is 684. The Morgan fingerprint density at radius 1 is 1.20 bits per heavy atom. The van der Waals surface area contributed by atoms with Gasteiger partial charge in [0.2, 0.25) is 0 Å². The highest BCUT2D eigenvalue weighted by atomic mass is 32.3. The third kappa shape index (κ3) is 5.12. The zero-order chi connectivity index (χ0) is 15.3. The summed E-state index contributed by atoms with van der Waals surface area (Å²) in [7, 11) is 0.797. The first-order valence-corrected chi connectivity index (χ1v) is 7.17. The van der Waals surface area contributed by atoms with Crippen molar-refractivity contribution in [1.82, 2.24) is 4.98 Å². The van der Waals surface area contributed by atoms with Crippen molar-refractivity contribution < 1.29 is 17.2 Å². The quantitative estimate of drug-likeness (QED) is 0.855. The van der Waals surface area contributed by atoms with Gasteiger partial charge in [0, 0.05) is 30.9 Å². The summed E-state index contributed by atoms with van der Waals surface area (Å²) in [5.74, 6) is 0. The van der Waals surface area contributed by atoms with Crippen molar-refractivity contribution in [1.29, 1.82) is 0 Å². The number of benzene rings is 1. The van der Waals surface area contributed by atoms with Crippen molar-refractivity contribution in [3.63, 3.8) is 0 Å². The minimum absolute atomic E-state index is 0.870. The molecule has 0 atom stereocenters. The van der Waals surface area contributed by atoms with E-state index in [1.807, 2.05) is 27.1 Å². The maximum Gasteiger partial charge on any atom is 0.397 e. The van der Waals surface area contributed by atoms with Gasteiger partial charge < -0.3 is 4.90 Å². The molecule has 0 saturated carbocycles. The van der Waals surface area contributed by atoms with E-state index in [1.54, 1.807) is 0 Å². The minimum atomic E-state index is -4.16. The number of hydrogen-bond donors (Lipinski definition) is 1. The number of pyridine rings is 1. The molecule has 0 unspecified atom stereocenters. The number of hydrogen-bond acceptors (Lipinski definition) is 5. The van der Waals surface area contributed by atoms with E-state index >= 15 is 0 Å². The predicted octanol–water partition coefficient (Wildman–Crippen LogP) is 2.04. The molecule has 0 amide bonds. The van der Waals surface area contributed by atoms with Crippen LogP contribution >= 0.6 is 0 Å². The van der Waals surface area contributed by atoms with E-state index in [0.29, 0.717) is 0 Å². The molecule has 2 aromatic rings. The van der Waals surface area contributed by atoms with E-state index in [-0.39, 0.29) is 0 Å². The van der Waals surface area contributed by atoms with Crippen LogP contribution in [0.1, 0.15) is 5.69 Å². The van der Waals surface area contributed by atoms with Crippen molar-refractivity contribution in [3.8, 4) is 0 Å². The lowest BCUT2D eigenvalue weighted by Gasteiger charge is -2.12. The number of aromatic nitrogens is 1. The van der Waals surface area contributed by atoms with Crippen LogP contribution < -0.4 is 4.90 Å². The van der Waals surface area contributed by atoms with Crippen LogP contribution in [-0.4, -0.2) is 39.2 Å². The zero-order valence-corrected chi connectivity index (χ0v) is 12.7. The molecule has 0 saturated heterocycles. The molecular formula is C13H18N2O4S. The van der Waals surface area contributed by atoms with Crippen LogP contribution in [0.15, 0.2) is 30.3 Å². The molecule has 20 heavy (non-hydrogen) atoms. The lowest BCUT2D eigenvalue weighted by molar-refractivity contribution is 0.324. The summed E-state index contributed by atoms with van der Waals surface area (Å²) < 4.78 is 29.7. The van der Waals surface area contributed by atoms with Crippen LogP contribution in [0.4, 0.5) is 5.69 Å². The van der Waals surface area contributed by atoms with Crippen LogP contribution in [0.3, 0.4) is 0 Å². The number of rotatable bonds is 2. The molecular weight excluding hydrogens is 280 g/mol. The van der Waals surface area contributed by atoms with Gasteiger partial charge in [-0.1, -0.05) is 6.07 Å². The number of anilines is 1. The molecule has 0 aliphatic rings. The van der Waals surface area contributed by atoms with E-state index in [2.05, 4.69) is 38.3 Å². The fourth-order valence-electron chi connectivity index (χ4n) is 1.49. The Morgan fingerprint density at radius 3 is 2.30 bits per heavy atom. The van der Waals surface area contributed by atoms with Gasteiger partial charge in [-0.3, -0.25) is 13.7 Å². The summed E-state index contributed by atoms with van der Waals surface area (Å²) >= 11 is 0. The monoisotopic (exact) mass is 298 g/mol. The maximum atomic E-state index is 9.33. The topological polar surface area (TPSA) is 79.7 Å². The van der Waals surface area contributed by atoms with Crippen molar-refractivity contribution in [3.05, 3.63) is 36.0 Å². The lowest BCUT2D eigenvalue weighted by atomic mass is 10.2. The zero-order valence-electron chi connectivity index (χ0n) is 11.9. The smallest absolute Gasteiger partial charge is 0.378 e. The van der Waals surface area contributed by atoms with Gasteiger partial charge in [0.1, 0.15) is 0 Å². The Hall–Kier alpha value is -1.70. The summed E-state index contributed by atoms with van der Waals surface area (Å²) in [6, 6.07) is 10.5. The Kier molecular flexibility index (Phi) is 5.43. The Morgan fingerprint density at radius 2 is 1.80 bits per heavy atom. The molecule has 0 spiro atoms. The molecule has 7 heteroatoms. The van der Waals surface area contributed by atoms with Crippen molar-refractivity contribution in [2.24, 2.45) is 0 Å². The van der Waals surface area contributed by atoms with Crippen molar-refractivity contribution in [2.45, 2.75) is 6.92 Å². The fraction of sp³-hybridized carbons (Fsp3) is 0.308. The standard InChI is InChI=1S/C12H14N2.CH4O4S/c1-9-4-5-10-8-11(14(2)3)6-7-12(10)13-9;1-5-6(2,3)4/h4-8H,1-3H3;1H3,(H,2,3,4). The Labute approximate surface area is 119 Å². The van der Waals surface area contributed by atoms with Gasteiger partial charge in [0.05, 0.1) is 12.6 Å². The molecule has 0 aliphatic carbocycles. The second-order valence-electron chi connectivity index (χ2n) is 4.32. The van der Waals surface area contributed by atoms with Gasteiger partial charge in [-0.2, -0.15) is 8.42 Å².